The Labute approximate surface area is 101 Å². The van der Waals surface area contributed by atoms with E-state index >= 15 is 0 Å². The summed E-state index contributed by atoms with van der Waals surface area (Å²) in [4.78, 5) is 12.7. The van der Waals surface area contributed by atoms with Crippen LogP contribution in [0.1, 0.15) is 18.4 Å². The number of non-ortho nitro benzene ring substituents is 1. The second kappa shape index (κ2) is 5.27. The van der Waals surface area contributed by atoms with Crippen molar-refractivity contribution in [2.24, 2.45) is 5.92 Å². The van der Waals surface area contributed by atoms with E-state index in [1.165, 1.54) is 12.8 Å². The van der Waals surface area contributed by atoms with Gasteiger partial charge in [-0.05, 0) is 50.9 Å². The highest BCUT2D eigenvalue weighted by molar-refractivity contribution is 5.34. The van der Waals surface area contributed by atoms with Gasteiger partial charge in [0, 0.05) is 12.1 Å². The van der Waals surface area contributed by atoms with Crippen molar-refractivity contribution < 1.29 is 4.92 Å². The zero-order valence-corrected chi connectivity index (χ0v) is 10.1. The molecule has 4 heteroatoms. The van der Waals surface area contributed by atoms with Crippen molar-refractivity contribution in [3.8, 4) is 0 Å². The van der Waals surface area contributed by atoms with Gasteiger partial charge in [-0.25, -0.2) is 0 Å². The molecule has 0 aliphatic carbocycles. The lowest BCUT2D eigenvalue weighted by atomic mass is 9.90. The van der Waals surface area contributed by atoms with Gasteiger partial charge in [0.05, 0.1) is 4.92 Å². The monoisotopic (exact) mass is 234 g/mol. The molecule has 1 aliphatic heterocycles. The van der Waals surface area contributed by atoms with Crippen LogP contribution in [-0.2, 0) is 6.42 Å². The molecule has 1 aromatic carbocycles. The largest absolute Gasteiger partial charge is 0.306 e. The maximum Gasteiger partial charge on any atom is 0.269 e. The second-order valence-electron chi connectivity index (χ2n) is 4.88. The van der Waals surface area contributed by atoms with Crippen LogP contribution in [0, 0.1) is 16.0 Å². The summed E-state index contributed by atoms with van der Waals surface area (Å²) < 4.78 is 0. The molecule has 1 fully saturated rings. The molecule has 0 unspecified atom stereocenters. The van der Waals surface area contributed by atoms with Crippen molar-refractivity contribution in [2.75, 3.05) is 20.1 Å². The maximum absolute atomic E-state index is 10.7. The first-order chi connectivity index (χ1) is 8.15. The van der Waals surface area contributed by atoms with Crippen LogP contribution in [0.15, 0.2) is 24.3 Å². The van der Waals surface area contributed by atoms with Gasteiger partial charge in [0.15, 0.2) is 0 Å². The molecule has 92 valence electrons. The van der Waals surface area contributed by atoms with Gasteiger partial charge < -0.3 is 4.90 Å². The summed E-state index contributed by atoms with van der Waals surface area (Å²) in [6.45, 7) is 2.28. The minimum absolute atomic E-state index is 0.204. The van der Waals surface area contributed by atoms with Crippen molar-refractivity contribution >= 4 is 5.69 Å². The summed E-state index contributed by atoms with van der Waals surface area (Å²) in [7, 11) is 2.14. The molecular formula is C13H18N2O2. The molecule has 4 nitrogen and oxygen atoms in total. The van der Waals surface area contributed by atoms with E-state index in [4.69, 9.17) is 0 Å². The van der Waals surface area contributed by atoms with Gasteiger partial charge in [0.2, 0.25) is 0 Å². The summed E-state index contributed by atoms with van der Waals surface area (Å²) in [6, 6.07) is 7.03. The Morgan fingerprint density at radius 3 is 2.76 bits per heavy atom. The van der Waals surface area contributed by atoms with Crippen LogP contribution in [0.3, 0.4) is 0 Å². The van der Waals surface area contributed by atoms with E-state index < -0.39 is 0 Å². The van der Waals surface area contributed by atoms with Crippen LogP contribution in [0.5, 0.6) is 0 Å². The summed E-state index contributed by atoms with van der Waals surface area (Å²) >= 11 is 0. The maximum atomic E-state index is 10.7. The van der Waals surface area contributed by atoms with Crippen molar-refractivity contribution in [3.05, 3.63) is 39.9 Å². The van der Waals surface area contributed by atoms with Gasteiger partial charge in [0.25, 0.3) is 5.69 Å². The summed E-state index contributed by atoms with van der Waals surface area (Å²) in [6.07, 6.45) is 3.36. The van der Waals surface area contributed by atoms with Gasteiger partial charge in [-0.3, -0.25) is 10.1 Å². The Morgan fingerprint density at radius 1 is 1.41 bits per heavy atom. The summed E-state index contributed by atoms with van der Waals surface area (Å²) in [5, 5.41) is 10.7. The fourth-order valence-corrected chi connectivity index (χ4v) is 2.40. The summed E-state index contributed by atoms with van der Waals surface area (Å²) in [5.41, 5.74) is 1.30. The number of likely N-dealkylation sites (tertiary alicyclic amines) is 1. The third-order valence-corrected chi connectivity index (χ3v) is 3.48. The molecule has 0 bridgehead atoms. The molecule has 1 saturated heterocycles. The quantitative estimate of drug-likeness (QED) is 0.596. The minimum Gasteiger partial charge on any atom is -0.306 e. The molecule has 0 aromatic heterocycles. The Kier molecular flexibility index (Phi) is 3.74. The van der Waals surface area contributed by atoms with E-state index in [1.54, 1.807) is 18.2 Å². The number of nitro benzene ring substituents is 1. The minimum atomic E-state index is -0.321. The van der Waals surface area contributed by atoms with Gasteiger partial charge in [0.1, 0.15) is 0 Å². The molecule has 0 saturated carbocycles. The molecule has 0 spiro atoms. The lowest BCUT2D eigenvalue weighted by Gasteiger charge is -2.28. The normalized spacial score (nSPS) is 18.2. The second-order valence-corrected chi connectivity index (χ2v) is 4.88. The Bertz CT molecular complexity index is 398. The lowest BCUT2D eigenvalue weighted by molar-refractivity contribution is -0.384. The Hall–Kier alpha value is -1.42. The van der Waals surface area contributed by atoms with E-state index in [9.17, 15) is 10.1 Å². The third kappa shape index (κ3) is 3.27. The molecule has 1 heterocycles. The zero-order chi connectivity index (χ0) is 12.3. The number of rotatable bonds is 3. The fraction of sp³-hybridized carbons (Fsp3) is 0.538. The molecule has 1 aliphatic rings. The number of hydrogen-bond donors (Lipinski definition) is 0. The van der Waals surface area contributed by atoms with E-state index in [0.717, 1.165) is 25.1 Å². The van der Waals surface area contributed by atoms with Crippen LogP contribution in [0.25, 0.3) is 0 Å². The van der Waals surface area contributed by atoms with E-state index in [-0.39, 0.29) is 10.6 Å². The van der Waals surface area contributed by atoms with E-state index in [2.05, 4.69) is 11.9 Å². The molecule has 2 rings (SSSR count). The SMILES string of the molecule is CN1CCC(Cc2cccc([N+](=O)[O-])c2)CC1. The average Bonchev–Trinajstić information content (AvgIpc) is 2.32. The number of nitro groups is 1. The number of piperidine rings is 1. The van der Waals surface area contributed by atoms with Crippen LogP contribution >= 0.6 is 0 Å². The summed E-state index contributed by atoms with van der Waals surface area (Å²) in [5.74, 6) is 0.674. The van der Waals surface area contributed by atoms with Gasteiger partial charge in [-0.1, -0.05) is 12.1 Å². The third-order valence-electron chi connectivity index (χ3n) is 3.48. The molecule has 0 atom stereocenters. The van der Waals surface area contributed by atoms with Crippen LogP contribution in [0.4, 0.5) is 5.69 Å². The van der Waals surface area contributed by atoms with Gasteiger partial charge in [-0.15, -0.1) is 0 Å². The highest BCUT2D eigenvalue weighted by Crippen LogP contribution is 2.22. The topological polar surface area (TPSA) is 46.4 Å². The number of hydrogen-bond acceptors (Lipinski definition) is 3. The predicted molar refractivity (Wildman–Crippen MR) is 67.0 cm³/mol. The lowest BCUT2D eigenvalue weighted by Crippen LogP contribution is -2.30. The molecular weight excluding hydrogens is 216 g/mol. The zero-order valence-electron chi connectivity index (χ0n) is 10.1. The number of benzene rings is 1. The van der Waals surface area contributed by atoms with Gasteiger partial charge >= 0.3 is 0 Å². The Balaban J connectivity index is 1.98. The number of nitrogens with zero attached hydrogens (tertiary/aromatic N) is 2. The highest BCUT2D eigenvalue weighted by Gasteiger charge is 2.17. The van der Waals surface area contributed by atoms with E-state index in [1.807, 2.05) is 6.07 Å². The standard InChI is InChI=1S/C13H18N2O2/c1-14-7-5-11(6-8-14)9-12-3-2-4-13(10-12)15(16)17/h2-4,10-11H,5-9H2,1H3. The van der Waals surface area contributed by atoms with Crippen molar-refractivity contribution in [1.82, 2.24) is 4.90 Å². The van der Waals surface area contributed by atoms with Crippen LogP contribution in [0.2, 0.25) is 0 Å². The predicted octanol–water partition coefficient (Wildman–Crippen LogP) is 2.48. The van der Waals surface area contributed by atoms with Gasteiger partial charge in [-0.2, -0.15) is 0 Å². The first-order valence-electron chi connectivity index (χ1n) is 6.07. The van der Waals surface area contributed by atoms with Crippen molar-refractivity contribution in [1.29, 1.82) is 0 Å². The van der Waals surface area contributed by atoms with Crippen LogP contribution < -0.4 is 0 Å². The molecule has 0 N–H and O–H groups in total. The smallest absolute Gasteiger partial charge is 0.269 e. The molecule has 17 heavy (non-hydrogen) atoms. The first kappa shape index (κ1) is 12.0. The fourth-order valence-electron chi connectivity index (χ4n) is 2.40. The first-order valence-corrected chi connectivity index (χ1v) is 6.07. The molecule has 1 aromatic rings. The molecule has 0 amide bonds. The van der Waals surface area contributed by atoms with Crippen LogP contribution in [-0.4, -0.2) is 30.0 Å². The van der Waals surface area contributed by atoms with E-state index in [0.29, 0.717) is 5.92 Å². The average molecular weight is 234 g/mol. The molecule has 0 radical (unpaired) electrons. The highest BCUT2D eigenvalue weighted by atomic mass is 16.6. The van der Waals surface area contributed by atoms with Crippen molar-refractivity contribution in [2.45, 2.75) is 19.3 Å². The van der Waals surface area contributed by atoms with Crippen molar-refractivity contribution in [3.63, 3.8) is 0 Å². The Morgan fingerprint density at radius 2 is 2.12 bits per heavy atom.